The fraction of sp³-hybridized carbons (Fsp3) is 0.214. The summed E-state index contributed by atoms with van der Waals surface area (Å²) in [6.45, 7) is 3.79. The van der Waals surface area contributed by atoms with Crippen LogP contribution in [0.2, 0.25) is 0 Å². The number of aliphatic hydroxyl groups is 1. The van der Waals surface area contributed by atoms with Gasteiger partial charge in [0.1, 0.15) is 5.82 Å². The van der Waals surface area contributed by atoms with E-state index in [1.807, 2.05) is 0 Å². The lowest BCUT2D eigenvalue weighted by Crippen LogP contribution is -2.22. The van der Waals surface area contributed by atoms with Crippen LogP contribution >= 0.6 is 0 Å². The van der Waals surface area contributed by atoms with E-state index in [1.54, 1.807) is 18.2 Å². The largest absolute Gasteiger partial charge is 0.513 e. The smallest absolute Gasteiger partial charge is 0.244 e. The summed E-state index contributed by atoms with van der Waals surface area (Å²) < 4.78 is 13.2. The molecule has 1 aromatic rings. The molecule has 18 heavy (non-hydrogen) atoms. The Hall–Kier alpha value is -2.10. The van der Waals surface area contributed by atoms with Gasteiger partial charge in [-0.1, -0.05) is 24.8 Å². The molecule has 1 rings (SSSR count). The second-order valence-electron chi connectivity index (χ2n) is 3.82. The summed E-state index contributed by atoms with van der Waals surface area (Å²) in [5.74, 6) is -0.550. The SMILES string of the molecule is C=C(O)CCCNC(=O)/C=C/c1ccccc1F. The van der Waals surface area contributed by atoms with Crippen LogP contribution in [0.4, 0.5) is 4.39 Å². The van der Waals surface area contributed by atoms with Crippen LogP contribution in [0.25, 0.3) is 6.08 Å². The van der Waals surface area contributed by atoms with Crippen molar-refractivity contribution in [1.29, 1.82) is 0 Å². The summed E-state index contributed by atoms with van der Waals surface area (Å²) in [5.41, 5.74) is 0.372. The maximum absolute atomic E-state index is 13.2. The predicted octanol–water partition coefficient (Wildman–Crippen LogP) is 2.81. The van der Waals surface area contributed by atoms with Gasteiger partial charge in [0, 0.05) is 24.6 Å². The number of benzene rings is 1. The molecule has 0 bridgehead atoms. The number of carbonyl (C=O) groups is 1. The minimum atomic E-state index is -0.363. The van der Waals surface area contributed by atoms with Gasteiger partial charge in [0.05, 0.1) is 5.76 Å². The summed E-state index contributed by atoms with van der Waals surface area (Å²) in [4.78, 5) is 11.4. The molecule has 0 saturated carbocycles. The number of nitrogens with one attached hydrogen (secondary N) is 1. The van der Waals surface area contributed by atoms with E-state index in [9.17, 15) is 9.18 Å². The minimum Gasteiger partial charge on any atom is -0.513 e. The highest BCUT2D eigenvalue weighted by Gasteiger charge is 1.98. The van der Waals surface area contributed by atoms with Crippen LogP contribution in [0, 0.1) is 5.82 Å². The lowest BCUT2D eigenvalue weighted by atomic mass is 10.2. The van der Waals surface area contributed by atoms with Crippen molar-refractivity contribution < 1.29 is 14.3 Å². The zero-order valence-electron chi connectivity index (χ0n) is 10.0. The monoisotopic (exact) mass is 249 g/mol. The van der Waals surface area contributed by atoms with Gasteiger partial charge in [0.2, 0.25) is 5.91 Å². The number of halogens is 1. The first-order chi connectivity index (χ1) is 8.59. The van der Waals surface area contributed by atoms with Gasteiger partial charge in [-0.15, -0.1) is 0 Å². The summed E-state index contributed by atoms with van der Waals surface area (Å²) in [5, 5.41) is 11.5. The Balaban J connectivity index is 2.36. The van der Waals surface area contributed by atoms with Crippen LogP contribution in [-0.2, 0) is 4.79 Å². The third-order valence-electron chi connectivity index (χ3n) is 2.26. The van der Waals surface area contributed by atoms with Crippen LogP contribution in [-0.4, -0.2) is 17.6 Å². The number of aliphatic hydroxyl groups excluding tert-OH is 1. The van der Waals surface area contributed by atoms with Gasteiger partial charge in [0.25, 0.3) is 0 Å². The van der Waals surface area contributed by atoms with E-state index in [2.05, 4.69) is 11.9 Å². The van der Waals surface area contributed by atoms with Crippen LogP contribution < -0.4 is 5.32 Å². The average molecular weight is 249 g/mol. The zero-order chi connectivity index (χ0) is 13.4. The molecule has 0 aliphatic rings. The molecule has 0 radical (unpaired) electrons. The van der Waals surface area contributed by atoms with E-state index >= 15 is 0 Å². The predicted molar refractivity (Wildman–Crippen MR) is 69.4 cm³/mol. The topological polar surface area (TPSA) is 49.3 Å². The van der Waals surface area contributed by atoms with Crippen molar-refractivity contribution in [3.05, 3.63) is 54.1 Å². The number of rotatable bonds is 6. The lowest BCUT2D eigenvalue weighted by molar-refractivity contribution is -0.116. The fourth-order valence-corrected chi connectivity index (χ4v) is 1.34. The standard InChI is InChI=1S/C14H16FNO2/c1-11(17)5-4-10-16-14(18)9-8-12-6-2-3-7-13(12)15/h2-3,6-9,17H,1,4-5,10H2,(H,16,18)/b9-8+. The van der Waals surface area contributed by atoms with Crippen molar-refractivity contribution in [2.45, 2.75) is 12.8 Å². The molecule has 0 heterocycles. The van der Waals surface area contributed by atoms with Crippen molar-refractivity contribution in [2.75, 3.05) is 6.54 Å². The summed E-state index contributed by atoms with van der Waals surface area (Å²) in [7, 11) is 0. The number of allylic oxidation sites excluding steroid dienone is 1. The van der Waals surface area contributed by atoms with Crippen molar-refractivity contribution >= 4 is 12.0 Å². The molecule has 0 aliphatic heterocycles. The molecule has 0 unspecified atom stereocenters. The first-order valence-corrected chi connectivity index (χ1v) is 5.67. The number of carbonyl (C=O) groups excluding carboxylic acids is 1. The van der Waals surface area contributed by atoms with Gasteiger partial charge >= 0.3 is 0 Å². The first kappa shape index (κ1) is 14.0. The lowest BCUT2D eigenvalue weighted by Gasteiger charge is -2.01. The molecule has 0 aromatic heterocycles. The van der Waals surface area contributed by atoms with E-state index in [0.717, 1.165) is 0 Å². The maximum atomic E-state index is 13.2. The van der Waals surface area contributed by atoms with Crippen LogP contribution in [0.3, 0.4) is 0 Å². The Labute approximate surface area is 106 Å². The van der Waals surface area contributed by atoms with Crippen molar-refractivity contribution in [1.82, 2.24) is 5.32 Å². The quantitative estimate of drug-likeness (QED) is 0.462. The van der Waals surface area contributed by atoms with E-state index in [4.69, 9.17) is 5.11 Å². The Kier molecular flexibility index (Phi) is 5.64. The summed E-state index contributed by atoms with van der Waals surface area (Å²) in [6, 6.07) is 6.22. The van der Waals surface area contributed by atoms with Gasteiger partial charge in [-0.05, 0) is 18.6 Å². The highest BCUT2D eigenvalue weighted by Crippen LogP contribution is 2.07. The Bertz CT molecular complexity index is 455. The molecule has 0 spiro atoms. The van der Waals surface area contributed by atoms with E-state index in [-0.39, 0.29) is 17.5 Å². The number of hydrogen-bond acceptors (Lipinski definition) is 2. The van der Waals surface area contributed by atoms with Crippen LogP contribution in [0.1, 0.15) is 18.4 Å². The van der Waals surface area contributed by atoms with Gasteiger partial charge in [0.15, 0.2) is 0 Å². The zero-order valence-corrected chi connectivity index (χ0v) is 10.0. The molecular weight excluding hydrogens is 233 g/mol. The normalized spacial score (nSPS) is 10.5. The average Bonchev–Trinajstić information content (AvgIpc) is 2.33. The molecule has 0 saturated heterocycles. The molecule has 0 aliphatic carbocycles. The molecule has 2 N–H and O–H groups in total. The third kappa shape index (κ3) is 5.30. The van der Waals surface area contributed by atoms with Crippen LogP contribution in [0.15, 0.2) is 42.7 Å². The second-order valence-corrected chi connectivity index (χ2v) is 3.82. The highest BCUT2D eigenvalue weighted by molar-refractivity contribution is 5.91. The summed E-state index contributed by atoms with van der Waals surface area (Å²) in [6.07, 6.45) is 3.79. The number of hydrogen-bond donors (Lipinski definition) is 2. The molecule has 1 aromatic carbocycles. The van der Waals surface area contributed by atoms with Crippen molar-refractivity contribution in [2.24, 2.45) is 0 Å². The van der Waals surface area contributed by atoms with E-state index in [0.29, 0.717) is 24.9 Å². The number of amides is 1. The van der Waals surface area contributed by atoms with Crippen molar-refractivity contribution in [3.63, 3.8) is 0 Å². The summed E-state index contributed by atoms with van der Waals surface area (Å²) >= 11 is 0. The van der Waals surface area contributed by atoms with Gasteiger partial charge in [-0.2, -0.15) is 0 Å². The highest BCUT2D eigenvalue weighted by atomic mass is 19.1. The molecule has 0 fully saturated rings. The van der Waals surface area contributed by atoms with Crippen molar-refractivity contribution in [3.8, 4) is 0 Å². The van der Waals surface area contributed by atoms with E-state index in [1.165, 1.54) is 18.2 Å². The second kappa shape index (κ2) is 7.27. The molecule has 1 amide bonds. The minimum absolute atomic E-state index is 0.103. The first-order valence-electron chi connectivity index (χ1n) is 5.67. The van der Waals surface area contributed by atoms with Gasteiger partial charge in [-0.25, -0.2) is 4.39 Å². The molecule has 4 heteroatoms. The molecule has 3 nitrogen and oxygen atoms in total. The molecule has 96 valence electrons. The van der Waals surface area contributed by atoms with Gasteiger partial charge in [-0.3, -0.25) is 4.79 Å². The fourth-order valence-electron chi connectivity index (χ4n) is 1.34. The third-order valence-corrected chi connectivity index (χ3v) is 2.26. The van der Waals surface area contributed by atoms with Crippen LogP contribution in [0.5, 0.6) is 0 Å². The van der Waals surface area contributed by atoms with Gasteiger partial charge < -0.3 is 10.4 Å². The maximum Gasteiger partial charge on any atom is 0.244 e. The molecule has 0 atom stereocenters. The van der Waals surface area contributed by atoms with E-state index < -0.39 is 0 Å². The Morgan fingerprint density at radius 1 is 1.44 bits per heavy atom. The molecular formula is C14H16FNO2. The Morgan fingerprint density at radius 3 is 2.83 bits per heavy atom. The Morgan fingerprint density at radius 2 is 2.17 bits per heavy atom.